The van der Waals surface area contributed by atoms with E-state index in [9.17, 15) is 0 Å². The fraction of sp³-hybridized carbons (Fsp3) is 0.489. The molecule has 0 N–H and O–H groups in total. The van der Waals surface area contributed by atoms with Gasteiger partial charge in [-0.15, -0.1) is 0 Å². The number of nitrogens with zero attached hydrogens (tertiary/aromatic N) is 4. The third-order valence-electron chi connectivity index (χ3n) is 22.7. The Morgan fingerprint density at radius 3 is 0.558 bits per heavy atom. The van der Waals surface area contributed by atoms with Crippen LogP contribution >= 0.6 is 0 Å². The zero-order valence-corrected chi connectivity index (χ0v) is 79.5. The smallest absolute Gasteiger partial charge is 0.592 e. The topological polar surface area (TPSA) is 31.4 Å². The molecule has 4 bridgehead atoms. The normalized spacial score (nSPS) is 15.2. The van der Waals surface area contributed by atoms with Gasteiger partial charge in [0, 0.05) is 55.8 Å². The van der Waals surface area contributed by atoms with Crippen LogP contribution in [0.1, 0.15) is 358 Å². The van der Waals surface area contributed by atoms with Gasteiger partial charge in [0.1, 0.15) is 23.0 Å². The first-order valence-electron chi connectivity index (χ1n) is 38.8. The average molecular weight is 1470 g/mol. The average Bonchev–Trinajstić information content (AvgIpc) is 0.708. The molecule has 4 aliphatic heterocycles. The molecule has 10 heteroatoms. The molecule has 0 atom stereocenters. The molecule has 0 spiro atoms. The summed E-state index contributed by atoms with van der Waals surface area (Å²) in [6.07, 6.45) is 0. The standard InChI is InChI=1S/2C47H62N2O.2Al.2K/c2*1-27(2)33-19-17-20-34(28(3)4)41(33)48-39-25-31(45(9,10)11)23-37-43(39)50-44-38(47(37,15)16)24-32(46(12,13)14)26-40(44)49-42-35(29(5)6)21-18-22-36(42)30(7)8;;;;/h2*17-30H,1-16H3;;;;/q2*-2;4*+1. The molecule has 0 aromatic heterocycles. The van der Waals surface area contributed by atoms with Crippen LogP contribution in [0.3, 0.4) is 0 Å². The monoisotopic (exact) mass is 1470 g/mol. The molecule has 0 unspecified atom stereocenters. The zero-order valence-electron chi connectivity index (χ0n) is 70.9. The number of hydrogen-bond donors (Lipinski definition) is 0. The number of ether oxygens (including phenoxy) is 2. The molecular weight excluding hydrogens is 1350 g/mol. The second-order valence-electron chi connectivity index (χ2n) is 38.0. The van der Waals surface area contributed by atoms with E-state index in [0.717, 1.165) is 23.0 Å². The fourth-order valence-corrected chi connectivity index (χ4v) is 19.4. The van der Waals surface area contributed by atoms with Gasteiger partial charge in [0.15, 0.2) is 0 Å². The summed E-state index contributed by atoms with van der Waals surface area (Å²) in [6, 6.07) is 47.7. The van der Waals surface area contributed by atoms with Crippen molar-refractivity contribution in [1.29, 1.82) is 0 Å². The van der Waals surface area contributed by atoms with E-state index in [1.807, 2.05) is 0 Å². The van der Waals surface area contributed by atoms with Gasteiger partial charge in [-0.25, -0.2) is 0 Å². The third-order valence-corrected chi connectivity index (χ3v) is 25.7. The molecule has 6 nitrogen and oxygen atoms in total. The third kappa shape index (κ3) is 15.8. The Labute approximate surface area is 729 Å². The van der Waals surface area contributed by atoms with Crippen LogP contribution in [-0.4, -0.2) is 31.3 Å². The van der Waals surface area contributed by atoms with Crippen LogP contribution in [0, 0.1) is 0 Å². The van der Waals surface area contributed by atoms with Gasteiger partial charge in [-0.2, -0.15) is 0 Å². The van der Waals surface area contributed by atoms with Gasteiger partial charge in [-0.05, 0) is 183 Å². The predicted molar refractivity (Wildman–Crippen MR) is 444 cm³/mol. The Bertz CT molecular complexity index is 3850. The molecule has 0 aliphatic carbocycles. The molecule has 0 saturated carbocycles. The molecule has 4 radical (unpaired) electrons. The molecule has 8 aromatic rings. The van der Waals surface area contributed by atoms with E-state index in [2.05, 4.69) is 358 Å². The number of anilines is 8. The van der Waals surface area contributed by atoms with Crippen molar-refractivity contribution in [2.45, 2.75) is 301 Å². The first kappa shape index (κ1) is 84.9. The SMILES string of the molecule is CC(C)c1cccc(C(C)C)c1[N]1[Al-][N](c2c(C(C)C)cccc2C(C)C)c2cc(C(C)(C)C)cc3c2Oc2c1cc(C(C)(C)C)cc2C3(C)C.CC(C)c1cccc(C(C)C)c1[N]1[Al-][N](c2c(C(C)C)cccc2C(C)C)c2cc(C(C)(C)C)cc3c2Oc2c1cc(C(C)(C)C)cc2C3(C)C.[K+].[K+]. The Morgan fingerprint density at radius 2 is 0.423 bits per heavy atom. The molecule has 104 heavy (non-hydrogen) atoms. The second kappa shape index (κ2) is 31.2. The fourth-order valence-electron chi connectivity index (χ4n) is 16.0. The van der Waals surface area contributed by atoms with E-state index < -0.39 is 31.3 Å². The summed E-state index contributed by atoms with van der Waals surface area (Å²) in [7, 11) is 0. The van der Waals surface area contributed by atoms with E-state index in [4.69, 9.17) is 9.47 Å². The van der Waals surface area contributed by atoms with E-state index in [1.165, 1.54) is 135 Å². The summed E-state index contributed by atoms with van der Waals surface area (Å²) in [4.78, 5) is 0. The van der Waals surface area contributed by atoms with Crippen LogP contribution in [0.15, 0.2) is 121 Å². The van der Waals surface area contributed by atoms with Gasteiger partial charge in [0.05, 0.1) is 31.3 Å². The first-order valence-corrected chi connectivity index (χ1v) is 40.8. The molecular formula is C94H124Al2K2N4O2. The Balaban J connectivity index is 0.000000237. The molecule has 4 heterocycles. The van der Waals surface area contributed by atoms with Crippen molar-refractivity contribution in [3.05, 3.63) is 210 Å². The van der Waals surface area contributed by atoms with Crippen LogP contribution in [-0.2, 0) is 32.5 Å². The number of para-hydroxylation sites is 4. The minimum atomic E-state index is -0.518. The van der Waals surface area contributed by atoms with E-state index >= 15 is 0 Å². The molecule has 12 rings (SSSR count). The maximum Gasteiger partial charge on any atom is 1.00 e. The first-order chi connectivity index (χ1) is 47.3. The quantitative estimate of drug-likeness (QED) is 0.113. The van der Waals surface area contributed by atoms with Crippen LogP contribution in [0.5, 0.6) is 23.0 Å². The van der Waals surface area contributed by atoms with Gasteiger partial charge in [-0.1, -0.05) is 319 Å². The van der Waals surface area contributed by atoms with Crippen molar-refractivity contribution in [3.63, 3.8) is 0 Å². The minimum absolute atomic E-state index is 0. The van der Waals surface area contributed by atoms with Gasteiger partial charge < -0.3 is 25.0 Å². The van der Waals surface area contributed by atoms with Crippen molar-refractivity contribution < 1.29 is 112 Å². The van der Waals surface area contributed by atoms with Crippen LogP contribution in [0.2, 0.25) is 0 Å². The van der Waals surface area contributed by atoms with Crippen molar-refractivity contribution in [1.82, 2.24) is 0 Å². The summed E-state index contributed by atoms with van der Waals surface area (Å²) in [6.45, 7) is 75.5. The number of hydrogen-bond acceptors (Lipinski definition) is 6. The molecule has 0 amide bonds. The molecule has 4 aliphatic rings. The Morgan fingerprint density at radius 1 is 0.269 bits per heavy atom. The van der Waals surface area contributed by atoms with E-state index in [1.54, 1.807) is 0 Å². The van der Waals surface area contributed by atoms with E-state index in [-0.39, 0.29) is 135 Å². The zero-order chi connectivity index (χ0) is 75.1. The number of rotatable bonds is 12. The summed E-state index contributed by atoms with van der Waals surface area (Å²) < 4.78 is 25.9. The minimum Gasteiger partial charge on any atom is -0.592 e. The van der Waals surface area contributed by atoms with Crippen molar-refractivity contribution >= 4 is 76.8 Å². The van der Waals surface area contributed by atoms with Crippen LogP contribution in [0.4, 0.5) is 45.5 Å². The van der Waals surface area contributed by atoms with Gasteiger partial charge in [0.2, 0.25) is 0 Å². The maximum atomic E-state index is 7.49. The largest absolute Gasteiger partial charge is 1.00 e. The van der Waals surface area contributed by atoms with Gasteiger partial charge in [0.25, 0.3) is 0 Å². The molecule has 0 saturated heterocycles. The molecule has 540 valence electrons. The number of benzene rings is 8. The van der Waals surface area contributed by atoms with Crippen molar-refractivity contribution in [2.75, 3.05) is 15.5 Å². The summed E-state index contributed by atoms with van der Waals surface area (Å²) in [5.74, 6) is 6.94. The van der Waals surface area contributed by atoms with Crippen LogP contribution < -0.4 is 128 Å². The summed E-state index contributed by atoms with van der Waals surface area (Å²) >= 11 is -1.04. The second-order valence-corrected chi connectivity index (χ2v) is 40.6. The summed E-state index contributed by atoms with van der Waals surface area (Å²) in [5.41, 5.74) is 31.1. The van der Waals surface area contributed by atoms with Gasteiger partial charge in [-0.3, -0.25) is 0 Å². The molecule has 8 aromatic carbocycles. The predicted octanol–water partition coefficient (Wildman–Crippen LogP) is 22.1. The van der Waals surface area contributed by atoms with Gasteiger partial charge >= 0.3 is 103 Å². The summed E-state index contributed by atoms with van der Waals surface area (Å²) in [5, 5.41) is 0. The van der Waals surface area contributed by atoms with Crippen molar-refractivity contribution in [2.24, 2.45) is 0 Å². The molecule has 0 fully saturated rings. The maximum absolute atomic E-state index is 7.49. The Hall–Kier alpha value is -3.10. The van der Waals surface area contributed by atoms with Crippen LogP contribution in [0.25, 0.3) is 0 Å². The Kier molecular flexibility index (Phi) is 25.5. The van der Waals surface area contributed by atoms with E-state index in [0.29, 0.717) is 47.3 Å². The van der Waals surface area contributed by atoms with Crippen molar-refractivity contribution in [3.8, 4) is 23.0 Å².